The quantitative estimate of drug-likeness (QED) is 0.726. The molecular formula is C21H34O3. The van der Waals surface area contributed by atoms with Gasteiger partial charge < -0.3 is 9.84 Å². The summed E-state index contributed by atoms with van der Waals surface area (Å²) in [5, 5.41) is 11.0. The van der Waals surface area contributed by atoms with E-state index in [0.29, 0.717) is 17.3 Å². The zero-order valence-electron chi connectivity index (χ0n) is 15.6. The van der Waals surface area contributed by atoms with Crippen molar-refractivity contribution in [3.05, 3.63) is 0 Å². The lowest BCUT2D eigenvalue weighted by atomic mass is 9.44. The third-order valence-electron chi connectivity index (χ3n) is 8.74. The molecule has 0 heterocycles. The van der Waals surface area contributed by atoms with Crippen molar-refractivity contribution in [3.63, 3.8) is 0 Å². The lowest BCUT2D eigenvalue weighted by molar-refractivity contribution is -0.179. The number of esters is 1. The molecule has 4 aliphatic carbocycles. The van der Waals surface area contributed by atoms with E-state index < -0.39 is 0 Å². The van der Waals surface area contributed by atoms with Crippen molar-refractivity contribution < 1.29 is 14.6 Å². The van der Waals surface area contributed by atoms with Gasteiger partial charge in [0.2, 0.25) is 0 Å². The number of ether oxygens (including phenoxy) is 1. The highest BCUT2D eigenvalue weighted by Crippen LogP contribution is 2.66. The number of rotatable bonds is 1. The maximum atomic E-state index is 11.3. The van der Waals surface area contributed by atoms with Crippen LogP contribution in [0.3, 0.4) is 0 Å². The largest absolute Gasteiger partial charge is 0.463 e. The maximum absolute atomic E-state index is 11.3. The van der Waals surface area contributed by atoms with E-state index in [4.69, 9.17) is 4.74 Å². The number of carbonyl (C=O) groups excluding carboxylic acids is 1. The monoisotopic (exact) mass is 334 g/mol. The molecule has 1 N–H and O–H groups in total. The van der Waals surface area contributed by atoms with Gasteiger partial charge in [-0.2, -0.15) is 0 Å². The smallest absolute Gasteiger partial charge is 0.302 e. The van der Waals surface area contributed by atoms with Gasteiger partial charge in [0.1, 0.15) is 6.10 Å². The maximum Gasteiger partial charge on any atom is 0.302 e. The van der Waals surface area contributed by atoms with E-state index in [9.17, 15) is 9.90 Å². The summed E-state index contributed by atoms with van der Waals surface area (Å²) in [5.41, 5.74) is 0.780. The second kappa shape index (κ2) is 5.72. The first-order valence-corrected chi connectivity index (χ1v) is 10.2. The van der Waals surface area contributed by atoms with Crippen LogP contribution in [0.25, 0.3) is 0 Å². The van der Waals surface area contributed by atoms with Crippen LogP contribution in [0.1, 0.15) is 78.6 Å². The molecule has 3 nitrogen and oxygen atoms in total. The number of fused-ring (bicyclic) bond motifs is 5. The molecular weight excluding hydrogens is 300 g/mol. The molecule has 0 amide bonds. The Morgan fingerprint density at radius 1 is 1.00 bits per heavy atom. The third-order valence-corrected chi connectivity index (χ3v) is 8.74. The molecule has 4 fully saturated rings. The highest BCUT2D eigenvalue weighted by Gasteiger charge is 2.60. The number of carbonyl (C=O) groups is 1. The van der Waals surface area contributed by atoms with Crippen LogP contribution in [0.2, 0.25) is 0 Å². The summed E-state index contributed by atoms with van der Waals surface area (Å²) >= 11 is 0. The van der Waals surface area contributed by atoms with Gasteiger partial charge in [-0.1, -0.05) is 20.3 Å². The number of hydrogen-bond acceptors (Lipinski definition) is 3. The standard InChI is InChI=1S/C21H34O3/c1-13(22)24-14-6-10-21(3)17-7-9-20(2)8-4-5-16(20)15(17)12-19(23)18(21)11-14/h14-19,23H,4-12H2,1-3H3/t14-,15-,16+,17-,18-,19+,20+,21-/m1/s1. The van der Waals surface area contributed by atoms with Gasteiger partial charge >= 0.3 is 5.97 Å². The molecule has 0 radical (unpaired) electrons. The Morgan fingerprint density at radius 3 is 2.54 bits per heavy atom. The summed E-state index contributed by atoms with van der Waals surface area (Å²) in [6, 6.07) is 0. The Labute approximate surface area is 146 Å². The van der Waals surface area contributed by atoms with Crippen molar-refractivity contribution in [2.45, 2.75) is 90.8 Å². The Kier molecular flexibility index (Phi) is 4.02. The van der Waals surface area contributed by atoms with E-state index in [1.165, 1.54) is 39.0 Å². The fourth-order valence-electron chi connectivity index (χ4n) is 7.60. The molecule has 0 spiro atoms. The van der Waals surface area contributed by atoms with Gasteiger partial charge in [0.15, 0.2) is 0 Å². The molecule has 0 saturated heterocycles. The van der Waals surface area contributed by atoms with Gasteiger partial charge in [0.25, 0.3) is 0 Å². The number of aliphatic hydroxyl groups is 1. The van der Waals surface area contributed by atoms with Crippen molar-refractivity contribution in [2.24, 2.45) is 34.5 Å². The summed E-state index contributed by atoms with van der Waals surface area (Å²) < 4.78 is 5.50. The lowest BCUT2D eigenvalue weighted by Gasteiger charge is -2.61. The van der Waals surface area contributed by atoms with E-state index in [0.717, 1.165) is 37.5 Å². The van der Waals surface area contributed by atoms with Crippen molar-refractivity contribution in [2.75, 3.05) is 0 Å². The second-order valence-electron chi connectivity index (χ2n) is 9.88. The third kappa shape index (κ3) is 2.45. The fraction of sp³-hybridized carbons (Fsp3) is 0.952. The van der Waals surface area contributed by atoms with Gasteiger partial charge in [0, 0.05) is 6.92 Å². The van der Waals surface area contributed by atoms with Crippen LogP contribution in [0.4, 0.5) is 0 Å². The minimum atomic E-state index is -0.211. The van der Waals surface area contributed by atoms with Crippen molar-refractivity contribution in [1.82, 2.24) is 0 Å². The highest BCUT2D eigenvalue weighted by molar-refractivity contribution is 5.66. The summed E-state index contributed by atoms with van der Waals surface area (Å²) in [5.74, 6) is 2.44. The first kappa shape index (κ1) is 16.9. The van der Waals surface area contributed by atoms with Crippen LogP contribution < -0.4 is 0 Å². The van der Waals surface area contributed by atoms with Gasteiger partial charge in [-0.05, 0) is 85.9 Å². The predicted molar refractivity (Wildman–Crippen MR) is 93.3 cm³/mol. The van der Waals surface area contributed by atoms with E-state index in [1.54, 1.807) is 0 Å². The summed E-state index contributed by atoms with van der Waals surface area (Å²) in [6.45, 7) is 6.46. The average Bonchev–Trinajstić information content (AvgIpc) is 2.90. The van der Waals surface area contributed by atoms with E-state index in [1.807, 2.05) is 0 Å². The summed E-state index contributed by atoms with van der Waals surface area (Å²) in [6.07, 6.45) is 10.6. The molecule has 0 aromatic heterocycles. The first-order valence-electron chi connectivity index (χ1n) is 10.2. The van der Waals surface area contributed by atoms with Crippen molar-refractivity contribution in [1.29, 1.82) is 0 Å². The van der Waals surface area contributed by atoms with Crippen LogP contribution in [-0.2, 0) is 9.53 Å². The Hall–Kier alpha value is -0.570. The first-order chi connectivity index (χ1) is 11.3. The Morgan fingerprint density at radius 2 is 1.79 bits per heavy atom. The van der Waals surface area contributed by atoms with Crippen LogP contribution in [0, 0.1) is 34.5 Å². The van der Waals surface area contributed by atoms with Crippen molar-refractivity contribution >= 4 is 5.97 Å². The minimum absolute atomic E-state index is 0.0205. The van der Waals surface area contributed by atoms with Gasteiger partial charge in [-0.25, -0.2) is 0 Å². The van der Waals surface area contributed by atoms with Gasteiger partial charge in [-0.15, -0.1) is 0 Å². The molecule has 0 bridgehead atoms. The highest BCUT2D eigenvalue weighted by atomic mass is 16.5. The molecule has 3 heteroatoms. The topological polar surface area (TPSA) is 46.5 Å². The van der Waals surface area contributed by atoms with Crippen molar-refractivity contribution in [3.8, 4) is 0 Å². The van der Waals surface area contributed by atoms with E-state index in [2.05, 4.69) is 13.8 Å². The normalized spacial score (nSPS) is 53.7. The molecule has 0 aliphatic heterocycles. The molecule has 4 aliphatic rings. The van der Waals surface area contributed by atoms with Crippen LogP contribution in [-0.4, -0.2) is 23.3 Å². The lowest BCUT2D eigenvalue weighted by Crippen LogP contribution is -2.58. The zero-order chi connectivity index (χ0) is 17.1. The van der Waals surface area contributed by atoms with Crippen LogP contribution >= 0.6 is 0 Å². The molecule has 4 saturated carbocycles. The van der Waals surface area contributed by atoms with E-state index >= 15 is 0 Å². The van der Waals surface area contributed by atoms with E-state index in [-0.39, 0.29) is 23.6 Å². The molecule has 24 heavy (non-hydrogen) atoms. The molecule has 0 unspecified atom stereocenters. The Balaban J connectivity index is 1.58. The molecule has 8 atom stereocenters. The summed E-state index contributed by atoms with van der Waals surface area (Å²) in [7, 11) is 0. The van der Waals surface area contributed by atoms with Gasteiger partial charge in [0.05, 0.1) is 6.10 Å². The summed E-state index contributed by atoms with van der Waals surface area (Å²) in [4.78, 5) is 11.3. The molecule has 0 aromatic rings. The Bertz CT molecular complexity index is 517. The van der Waals surface area contributed by atoms with Gasteiger partial charge in [-0.3, -0.25) is 4.79 Å². The van der Waals surface area contributed by atoms with Crippen LogP contribution in [0.15, 0.2) is 0 Å². The number of hydrogen-bond donors (Lipinski definition) is 1. The number of aliphatic hydroxyl groups excluding tert-OH is 1. The zero-order valence-corrected chi connectivity index (χ0v) is 15.6. The second-order valence-corrected chi connectivity index (χ2v) is 9.88. The minimum Gasteiger partial charge on any atom is -0.463 e. The molecule has 136 valence electrons. The fourth-order valence-corrected chi connectivity index (χ4v) is 7.60. The SMILES string of the molecule is CC(=O)O[C@@H]1CC[C@]2(C)[C@@H]3CC[C@]4(C)CCC[C@H]4[C@H]3C[C@H](O)[C@H]2C1. The molecule has 0 aromatic carbocycles. The molecule has 4 rings (SSSR count). The average molecular weight is 335 g/mol. The predicted octanol–water partition coefficient (Wildman–Crippen LogP) is 4.32. The van der Waals surface area contributed by atoms with Crippen LogP contribution in [0.5, 0.6) is 0 Å².